The van der Waals surface area contributed by atoms with Crippen LogP contribution >= 0.6 is 23.5 Å². The molecule has 1 aliphatic rings. The highest BCUT2D eigenvalue weighted by Gasteiger charge is 2.24. The van der Waals surface area contributed by atoms with E-state index < -0.39 is 0 Å². The predicted octanol–water partition coefficient (Wildman–Crippen LogP) is 6.03. The molecule has 0 N–H and O–H groups in total. The minimum atomic E-state index is 0.360. The summed E-state index contributed by atoms with van der Waals surface area (Å²) in [5.41, 5.74) is 2.78. The minimum Gasteiger partial charge on any atom is -0.112 e. The van der Waals surface area contributed by atoms with Crippen molar-refractivity contribution in [2.24, 2.45) is 0 Å². The van der Waals surface area contributed by atoms with Gasteiger partial charge in [0.15, 0.2) is 0 Å². The highest BCUT2D eigenvalue weighted by atomic mass is 32.2. The first kappa shape index (κ1) is 13.1. The van der Waals surface area contributed by atoms with Crippen molar-refractivity contribution in [1.82, 2.24) is 0 Å². The lowest BCUT2D eigenvalue weighted by Crippen LogP contribution is -1.96. The number of benzene rings is 3. The molecule has 0 fully saturated rings. The zero-order chi connectivity index (χ0) is 14.1. The maximum Gasteiger partial charge on any atom is 0.0605 e. The van der Waals surface area contributed by atoms with Gasteiger partial charge < -0.3 is 0 Å². The molecule has 2 heteroatoms. The number of hydrogen-bond donors (Lipinski definition) is 0. The summed E-state index contributed by atoms with van der Waals surface area (Å²) in [4.78, 5) is 4.09. The smallest absolute Gasteiger partial charge is 0.0605 e. The van der Waals surface area contributed by atoms with Crippen molar-refractivity contribution in [2.45, 2.75) is 19.9 Å². The highest BCUT2D eigenvalue weighted by Crippen LogP contribution is 2.51. The quantitative estimate of drug-likeness (QED) is 0.538. The summed E-state index contributed by atoms with van der Waals surface area (Å²) in [5.74, 6) is 0. The molecule has 3 aromatic carbocycles. The van der Waals surface area contributed by atoms with Gasteiger partial charge in [-0.15, -0.1) is 11.8 Å². The monoisotopic (exact) mass is 306 g/mol. The first-order valence-corrected chi connectivity index (χ1v) is 8.69. The van der Waals surface area contributed by atoms with Crippen molar-refractivity contribution in [3.63, 3.8) is 0 Å². The van der Waals surface area contributed by atoms with Gasteiger partial charge in [-0.3, -0.25) is 0 Å². The lowest BCUT2D eigenvalue weighted by atomic mass is 10.0. The molecule has 0 spiro atoms. The van der Waals surface area contributed by atoms with Crippen LogP contribution in [0.4, 0.5) is 0 Å². The van der Waals surface area contributed by atoms with E-state index in [2.05, 4.69) is 78.9 Å². The summed E-state index contributed by atoms with van der Waals surface area (Å²) < 4.78 is 0. The van der Waals surface area contributed by atoms with Gasteiger partial charge in [-0.1, -0.05) is 72.4 Å². The van der Waals surface area contributed by atoms with Crippen molar-refractivity contribution in [3.8, 4) is 0 Å². The van der Waals surface area contributed by atoms with Crippen LogP contribution in [0, 0.1) is 0 Å². The molecule has 0 saturated heterocycles. The normalized spacial score (nSPS) is 16.7. The topological polar surface area (TPSA) is 0 Å². The Morgan fingerprint density at radius 1 is 0.571 bits per heavy atom. The molecule has 0 nitrogen and oxygen atoms in total. The number of hydrogen-bond acceptors (Lipinski definition) is 2. The van der Waals surface area contributed by atoms with E-state index in [1.807, 2.05) is 23.5 Å². The van der Waals surface area contributed by atoms with Crippen LogP contribution in [0.25, 0.3) is 0 Å². The van der Waals surface area contributed by atoms with Crippen molar-refractivity contribution in [1.29, 1.82) is 0 Å². The van der Waals surface area contributed by atoms with Gasteiger partial charge in [0.05, 0.1) is 5.25 Å². The summed E-state index contributed by atoms with van der Waals surface area (Å²) in [6.45, 7) is 0. The fourth-order valence-corrected chi connectivity index (χ4v) is 5.17. The summed E-state index contributed by atoms with van der Waals surface area (Å²) in [7, 11) is 0. The molecule has 3 aromatic rings. The van der Waals surface area contributed by atoms with E-state index in [0.29, 0.717) is 5.25 Å². The maximum atomic E-state index is 2.26. The van der Waals surface area contributed by atoms with Crippen molar-refractivity contribution in [3.05, 3.63) is 90.0 Å². The second-order valence-corrected chi connectivity index (χ2v) is 7.23. The predicted molar refractivity (Wildman–Crippen MR) is 91.1 cm³/mol. The number of fused-ring (bicyclic) bond motifs is 2. The molecular weight excluding hydrogens is 292 g/mol. The van der Waals surface area contributed by atoms with E-state index >= 15 is 0 Å². The summed E-state index contributed by atoms with van der Waals surface area (Å²) in [6, 6.07) is 28.3. The van der Waals surface area contributed by atoms with Gasteiger partial charge in [-0.25, -0.2) is 0 Å². The third kappa shape index (κ3) is 2.50. The molecule has 0 amide bonds. The standard InChI is InChI=1S/C19H14S2/c1-2-8-14(9-3-1)19-15-10-4-5-11-16(15)20-17-12-6-7-13-18(17)21-19/h1-13,19H. The molecule has 1 aliphatic heterocycles. The second kappa shape index (κ2) is 5.63. The average molecular weight is 306 g/mol. The van der Waals surface area contributed by atoms with Crippen LogP contribution in [0.1, 0.15) is 16.4 Å². The van der Waals surface area contributed by atoms with E-state index in [0.717, 1.165) is 0 Å². The maximum absolute atomic E-state index is 2.26. The van der Waals surface area contributed by atoms with Crippen molar-refractivity contribution >= 4 is 23.5 Å². The Labute approximate surface area is 133 Å². The Morgan fingerprint density at radius 3 is 2.00 bits per heavy atom. The zero-order valence-electron chi connectivity index (χ0n) is 11.4. The average Bonchev–Trinajstić information content (AvgIpc) is 2.72. The van der Waals surface area contributed by atoms with Gasteiger partial charge in [0.25, 0.3) is 0 Å². The van der Waals surface area contributed by atoms with Crippen LogP contribution in [-0.4, -0.2) is 0 Å². The molecule has 1 unspecified atom stereocenters. The number of thioether (sulfide) groups is 1. The van der Waals surface area contributed by atoms with Crippen LogP contribution in [0.5, 0.6) is 0 Å². The van der Waals surface area contributed by atoms with Gasteiger partial charge in [-0.05, 0) is 29.3 Å². The minimum absolute atomic E-state index is 0.360. The first-order valence-electron chi connectivity index (χ1n) is 6.99. The number of rotatable bonds is 1. The molecule has 0 aromatic heterocycles. The largest absolute Gasteiger partial charge is 0.112 e. The Kier molecular flexibility index (Phi) is 3.50. The lowest BCUT2D eigenvalue weighted by molar-refractivity contribution is 1.10. The summed E-state index contributed by atoms with van der Waals surface area (Å²) >= 11 is 3.83. The van der Waals surface area contributed by atoms with Crippen LogP contribution < -0.4 is 0 Å². The third-order valence-corrected chi connectivity index (χ3v) is 6.29. The molecule has 1 atom stereocenters. The van der Waals surface area contributed by atoms with Crippen LogP contribution in [0.15, 0.2) is 93.5 Å². The third-order valence-electron chi connectivity index (χ3n) is 3.62. The van der Waals surface area contributed by atoms with Gasteiger partial charge in [0.1, 0.15) is 0 Å². The Balaban J connectivity index is 1.90. The molecule has 21 heavy (non-hydrogen) atoms. The molecule has 0 saturated carbocycles. The second-order valence-electron chi connectivity index (χ2n) is 5.00. The molecule has 0 aliphatic carbocycles. The van der Waals surface area contributed by atoms with E-state index in [-0.39, 0.29) is 0 Å². The fraction of sp³-hybridized carbons (Fsp3) is 0.0526. The fourth-order valence-electron chi connectivity index (χ4n) is 2.61. The summed E-state index contributed by atoms with van der Waals surface area (Å²) in [5, 5.41) is 0.360. The van der Waals surface area contributed by atoms with Crippen LogP contribution in [-0.2, 0) is 0 Å². The van der Waals surface area contributed by atoms with Gasteiger partial charge in [0, 0.05) is 14.7 Å². The first-order chi connectivity index (χ1) is 10.4. The van der Waals surface area contributed by atoms with Gasteiger partial charge >= 0.3 is 0 Å². The molecule has 4 rings (SSSR count). The lowest BCUT2D eigenvalue weighted by Gasteiger charge is -2.17. The SMILES string of the molecule is c1ccc(C2Sc3ccccc3Sc3ccccc32)cc1. The van der Waals surface area contributed by atoms with Gasteiger partial charge in [-0.2, -0.15) is 0 Å². The molecule has 0 bridgehead atoms. The molecule has 0 radical (unpaired) electrons. The highest BCUT2D eigenvalue weighted by molar-refractivity contribution is 8.03. The Bertz CT molecular complexity index is 765. The summed E-state index contributed by atoms with van der Waals surface area (Å²) in [6.07, 6.45) is 0. The molecular formula is C19H14S2. The zero-order valence-corrected chi connectivity index (χ0v) is 13.0. The van der Waals surface area contributed by atoms with Crippen LogP contribution in [0.2, 0.25) is 0 Å². The van der Waals surface area contributed by atoms with Crippen molar-refractivity contribution < 1.29 is 0 Å². The van der Waals surface area contributed by atoms with E-state index in [1.54, 1.807) is 0 Å². The van der Waals surface area contributed by atoms with Crippen molar-refractivity contribution in [2.75, 3.05) is 0 Å². The van der Waals surface area contributed by atoms with E-state index in [4.69, 9.17) is 0 Å². The Morgan fingerprint density at radius 2 is 1.19 bits per heavy atom. The van der Waals surface area contributed by atoms with Gasteiger partial charge in [0.2, 0.25) is 0 Å². The molecule has 102 valence electrons. The molecule has 1 heterocycles. The Hall–Kier alpha value is -1.64. The van der Waals surface area contributed by atoms with E-state index in [1.165, 1.54) is 25.8 Å². The van der Waals surface area contributed by atoms with E-state index in [9.17, 15) is 0 Å². The van der Waals surface area contributed by atoms with Crippen LogP contribution in [0.3, 0.4) is 0 Å².